The molecule has 3 aliphatic rings. The van der Waals surface area contributed by atoms with Gasteiger partial charge in [0, 0.05) is 38.7 Å². The molecule has 0 radical (unpaired) electrons. The van der Waals surface area contributed by atoms with Crippen LogP contribution in [0.3, 0.4) is 0 Å². The summed E-state index contributed by atoms with van der Waals surface area (Å²) in [6, 6.07) is -0.0571. The number of hydrogen-bond donors (Lipinski definition) is 2. The zero-order valence-corrected chi connectivity index (χ0v) is 16.3. The van der Waals surface area contributed by atoms with E-state index in [1.54, 1.807) is 17.9 Å². The Morgan fingerprint density at radius 2 is 1.97 bits per heavy atom. The Hall–Kier alpha value is -2.52. The highest BCUT2D eigenvalue weighted by molar-refractivity contribution is 5.90. The van der Waals surface area contributed by atoms with Crippen LogP contribution in [0.25, 0.3) is 11.6 Å². The first-order valence-corrected chi connectivity index (χ1v) is 10.2. The van der Waals surface area contributed by atoms with Crippen LogP contribution in [-0.2, 0) is 17.3 Å². The molecule has 1 atom stereocenters. The number of aromatic nitrogens is 4. The third kappa shape index (κ3) is 3.18. The molecule has 8 nitrogen and oxygen atoms in total. The number of hydrogen-bond acceptors (Lipinski definition) is 6. The molecule has 3 fully saturated rings. The lowest BCUT2D eigenvalue weighted by Crippen LogP contribution is -2.38. The summed E-state index contributed by atoms with van der Waals surface area (Å²) in [5.74, 6) is -1.79. The van der Waals surface area contributed by atoms with Gasteiger partial charge < -0.3 is 15.1 Å². The first-order chi connectivity index (χ1) is 13.9. The Balaban J connectivity index is 1.41. The maximum absolute atomic E-state index is 13.4. The first-order valence-electron chi connectivity index (χ1n) is 10.2. The third-order valence-electron chi connectivity index (χ3n) is 6.40. The van der Waals surface area contributed by atoms with Gasteiger partial charge in [0.25, 0.3) is 5.89 Å². The van der Waals surface area contributed by atoms with Crippen molar-refractivity contribution in [3.63, 3.8) is 0 Å². The van der Waals surface area contributed by atoms with Crippen molar-refractivity contribution in [3.8, 4) is 11.6 Å². The lowest BCUT2D eigenvalue weighted by molar-refractivity contribution is -0.125. The van der Waals surface area contributed by atoms with Gasteiger partial charge in [-0.25, -0.2) is 8.78 Å². The average molecular weight is 406 g/mol. The van der Waals surface area contributed by atoms with Gasteiger partial charge in [0.2, 0.25) is 17.7 Å². The number of halogens is 2. The molecule has 2 aromatic heterocycles. The standard InChI is InChI=1S/C19H24F2N6O2/c1-27-10-13(23-12-4-6-18(20,21)7-5-12)14(26-27)15-24-25-17(29-15)19(11-2-3-11)8-9-22-16(19)28/h10-12,23H,2-9H2,1H3,(H,22,28). The number of aryl methyl sites for hydroxylation is 1. The molecule has 5 rings (SSSR count). The molecule has 2 saturated carbocycles. The van der Waals surface area contributed by atoms with Gasteiger partial charge in [-0.2, -0.15) is 5.10 Å². The van der Waals surface area contributed by atoms with E-state index >= 15 is 0 Å². The van der Waals surface area contributed by atoms with Crippen molar-refractivity contribution < 1.29 is 18.0 Å². The predicted octanol–water partition coefficient (Wildman–Crippen LogP) is 2.63. The Morgan fingerprint density at radius 1 is 1.21 bits per heavy atom. The number of carbonyl (C=O) groups is 1. The minimum Gasteiger partial charge on any atom is -0.418 e. The SMILES string of the molecule is Cn1cc(NC2CCC(F)(F)CC2)c(-c2nnc(C3(C4CC4)CCNC3=O)o2)n1. The zero-order valence-electron chi connectivity index (χ0n) is 16.3. The fourth-order valence-electron chi connectivity index (χ4n) is 4.64. The minimum absolute atomic E-state index is 0.0438. The fourth-order valence-corrected chi connectivity index (χ4v) is 4.64. The third-order valence-corrected chi connectivity index (χ3v) is 6.40. The van der Waals surface area contributed by atoms with Gasteiger partial charge in [-0.3, -0.25) is 9.48 Å². The fraction of sp³-hybridized carbons (Fsp3) is 0.684. The van der Waals surface area contributed by atoms with Crippen molar-refractivity contribution >= 4 is 11.6 Å². The number of amides is 1. The number of nitrogens with one attached hydrogen (secondary N) is 2. The first kappa shape index (κ1) is 18.5. The largest absolute Gasteiger partial charge is 0.418 e. The van der Waals surface area contributed by atoms with Gasteiger partial charge in [0.15, 0.2) is 5.69 Å². The summed E-state index contributed by atoms with van der Waals surface area (Å²) in [6.45, 7) is 0.607. The van der Waals surface area contributed by atoms with E-state index in [9.17, 15) is 13.6 Å². The smallest absolute Gasteiger partial charge is 0.270 e. The highest BCUT2D eigenvalue weighted by Gasteiger charge is 2.58. The molecule has 1 unspecified atom stereocenters. The van der Waals surface area contributed by atoms with Crippen LogP contribution in [0.15, 0.2) is 10.6 Å². The van der Waals surface area contributed by atoms with Crippen LogP contribution in [-0.4, -0.2) is 44.4 Å². The monoisotopic (exact) mass is 406 g/mol. The molecule has 3 heterocycles. The molecule has 2 aromatic rings. The van der Waals surface area contributed by atoms with E-state index in [2.05, 4.69) is 25.9 Å². The molecule has 2 N–H and O–H groups in total. The second-order valence-corrected chi connectivity index (χ2v) is 8.50. The normalized spacial score (nSPS) is 27.2. The van der Waals surface area contributed by atoms with Crippen LogP contribution in [0.2, 0.25) is 0 Å². The van der Waals surface area contributed by atoms with Gasteiger partial charge in [-0.05, 0) is 38.0 Å². The van der Waals surface area contributed by atoms with E-state index < -0.39 is 11.3 Å². The summed E-state index contributed by atoms with van der Waals surface area (Å²) in [6.07, 6.45) is 4.94. The van der Waals surface area contributed by atoms with E-state index in [1.165, 1.54) is 0 Å². The quantitative estimate of drug-likeness (QED) is 0.792. The van der Waals surface area contributed by atoms with E-state index in [4.69, 9.17) is 4.42 Å². The van der Waals surface area contributed by atoms with Gasteiger partial charge in [-0.1, -0.05) is 0 Å². The molecule has 156 valence electrons. The summed E-state index contributed by atoms with van der Waals surface area (Å²) >= 11 is 0. The Morgan fingerprint density at radius 3 is 2.62 bits per heavy atom. The second-order valence-electron chi connectivity index (χ2n) is 8.50. The van der Waals surface area contributed by atoms with Crippen molar-refractivity contribution in [2.24, 2.45) is 13.0 Å². The summed E-state index contributed by atoms with van der Waals surface area (Å²) in [5.41, 5.74) is 0.421. The van der Waals surface area contributed by atoms with E-state index in [0.29, 0.717) is 43.1 Å². The topological polar surface area (TPSA) is 97.9 Å². The van der Waals surface area contributed by atoms with Crippen molar-refractivity contribution in [2.75, 3.05) is 11.9 Å². The van der Waals surface area contributed by atoms with Crippen molar-refractivity contribution in [3.05, 3.63) is 12.1 Å². The number of rotatable bonds is 5. The molecular formula is C19H24F2N6O2. The van der Waals surface area contributed by atoms with Crippen LogP contribution < -0.4 is 10.6 Å². The zero-order chi connectivity index (χ0) is 20.2. The summed E-state index contributed by atoms with van der Waals surface area (Å²) in [7, 11) is 1.77. The molecule has 10 heteroatoms. The summed E-state index contributed by atoms with van der Waals surface area (Å²) in [4.78, 5) is 12.6. The number of anilines is 1. The van der Waals surface area contributed by atoms with Gasteiger partial charge in [0.05, 0.1) is 5.69 Å². The van der Waals surface area contributed by atoms with Gasteiger partial charge in [0.1, 0.15) is 5.41 Å². The Kier molecular flexibility index (Phi) is 4.15. The van der Waals surface area contributed by atoms with Crippen LogP contribution >= 0.6 is 0 Å². The summed E-state index contributed by atoms with van der Waals surface area (Å²) in [5, 5.41) is 19.0. The van der Waals surface area contributed by atoms with Crippen LogP contribution in [0.5, 0.6) is 0 Å². The highest BCUT2D eigenvalue weighted by atomic mass is 19.3. The maximum Gasteiger partial charge on any atom is 0.270 e. The lowest BCUT2D eigenvalue weighted by Gasteiger charge is -2.29. The second kappa shape index (κ2) is 6.50. The Bertz CT molecular complexity index is 927. The van der Waals surface area contributed by atoms with Crippen molar-refractivity contribution in [2.45, 2.75) is 62.3 Å². The molecule has 1 amide bonds. The van der Waals surface area contributed by atoms with Crippen molar-refractivity contribution in [1.29, 1.82) is 0 Å². The van der Waals surface area contributed by atoms with Crippen LogP contribution in [0.1, 0.15) is 50.8 Å². The lowest BCUT2D eigenvalue weighted by atomic mass is 9.81. The molecule has 0 spiro atoms. The molecule has 2 aliphatic carbocycles. The average Bonchev–Trinajstić information content (AvgIpc) is 3.11. The minimum atomic E-state index is -2.57. The summed E-state index contributed by atoms with van der Waals surface area (Å²) < 4.78 is 34.5. The molecule has 0 bridgehead atoms. The molecule has 1 aliphatic heterocycles. The van der Waals surface area contributed by atoms with Gasteiger partial charge >= 0.3 is 0 Å². The predicted molar refractivity (Wildman–Crippen MR) is 99.4 cm³/mol. The number of nitrogens with zero attached hydrogens (tertiary/aromatic N) is 4. The van der Waals surface area contributed by atoms with Crippen molar-refractivity contribution in [1.82, 2.24) is 25.3 Å². The van der Waals surface area contributed by atoms with E-state index in [1.807, 2.05) is 0 Å². The highest BCUT2D eigenvalue weighted by Crippen LogP contribution is 2.51. The molecule has 29 heavy (non-hydrogen) atoms. The van der Waals surface area contributed by atoms with Crippen LogP contribution in [0.4, 0.5) is 14.5 Å². The molecule has 0 aromatic carbocycles. The van der Waals surface area contributed by atoms with E-state index in [-0.39, 0.29) is 36.6 Å². The van der Waals surface area contributed by atoms with Gasteiger partial charge in [-0.15, -0.1) is 10.2 Å². The number of alkyl halides is 2. The number of carbonyl (C=O) groups excluding carboxylic acids is 1. The Labute approximate surface area is 166 Å². The maximum atomic E-state index is 13.4. The molecular weight excluding hydrogens is 382 g/mol. The molecule has 1 saturated heterocycles. The van der Waals surface area contributed by atoms with Crippen LogP contribution in [0, 0.1) is 5.92 Å². The van der Waals surface area contributed by atoms with E-state index in [0.717, 1.165) is 12.8 Å².